The minimum atomic E-state index is -0.109. The molecule has 4 aromatic carbocycles. The quantitative estimate of drug-likeness (QED) is 0.383. The molecule has 0 saturated heterocycles. The first-order chi connectivity index (χ1) is 14.1. The van der Waals surface area contributed by atoms with E-state index in [1.54, 1.807) is 0 Å². The van der Waals surface area contributed by atoms with Crippen LogP contribution in [0.25, 0.3) is 0 Å². The molecule has 2 nitrogen and oxygen atoms in total. The van der Waals surface area contributed by atoms with Crippen molar-refractivity contribution in [2.24, 2.45) is 0 Å². The van der Waals surface area contributed by atoms with Crippen LogP contribution in [0.1, 0.15) is 23.6 Å². The Morgan fingerprint density at radius 1 is 0.621 bits per heavy atom. The van der Waals surface area contributed by atoms with Crippen molar-refractivity contribution in [3.63, 3.8) is 0 Å². The molecule has 0 atom stereocenters. The van der Waals surface area contributed by atoms with Gasteiger partial charge in [-0.2, -0.15) is 0 Å². The topological polar surface area (TPSA) is 35.2 Å². The number of nitrogen functional groups attached to an aromatic ring is 1. The highest BCUT2D eigenvalue weighted by Gasteiger charge is 2.29. The lowest BCUT2D eigenvalue weighted by Crippen LogP contribution is -2.26. The van der Waals surface area contributed by atoms with Crippen molar-refractivity contribution >= 4 is 5.69 Å². The number of benzene rings is 4. The molecule has 0 bridgehead atoms. The summed E-state index contributed by atoms with van der Waals surface area (Å²) in [6.45, 7) is 2.32. The Morgan fingerprint density at radius 3 is 1.55 bits per heavy atom. The van der Waals surface area contributed by atoms with Crippen LogP contribution in [0.2, 0.25) is 0 Å². The van der Waals surface area contributed by atoms with Crippen LogP contribution in [0.4, 0.5) is 5.69 Å². The van der Waals surface area contributed by atoms with E-state index in [9.17, 15) is 0 Å². The van der Waals surface area contributed by atoms with Crippen LogP contribution in [-0.2, 0) is 11.8 Å². The molecule has 4 aromatic rings. The predicted molar refractivity (Wildman–Crippen MR) is 120 cm³/mol. The molecule has 0 amide bonds. The zero-order chi connectivity index (χ0) is 20.1. The molecule has 4 rings (SSSR count). The maximum atomic E-state index is 5.93. The summed E-state index contributed by atoms with van der Waals surface area (Å²) >= 11 is 0. The maximum absolute atomic E-state index is 5.93. The number of rotatable bonds is 6. The molecule has 2 heteroatoms. The summed E-state index contributed by atoms with van der Waals surface area (Å²) in [6, 6.07) is 37.2. The Labute approximate surface area is 172 Å². The van der Waals surface area contributed by atoms with E-state index in [0.29, 0.717) is 0 Å². The van der Waals surface area contributed by atoms with Crippen molar-refractivity contribution in [2.75, 3.05) is 5.73 Å². The third kappa shape index (κ3) is 4.33. The minimum absolute atomic E-state index is 0.109. The van der Waals surface area contributed by atoms with Gasteiger partial charge in [0.2, 0.25) is 0 Å². The first kappa shape index (κ1) is 18.8. The Morgan fingerprint density at radius 2 is 1.07 bits per heavy atom. The van der Waals surface area contributed by atoms with Crippen LogP contribution >= 0.6 is 0 Å². The molecule has 0 aromatic heterocycles. The van der Waals surface area contributed by atoms with Crippen molar-refractivity contribution in [3.8, 4) is 11.5 Å². The van der Waals surface area contributed by atoms with Crippen LogP contribution in [0.15, 0.2) is 109 Å². The smallest absolute Gasteiger partial charge is 0.127 e. The zero-order valence-corrected chi connectivity index (χ0v) is 16.6. The fourth-order valence-electron chi connectivity index (χ4n) is 3.74. The summed E-state index contributed by atoms with van der Waals surface area (Å²) in [5.74, 6) is 1.60. The molecule has 0 aliphatic rings. The molecule has 29 heavy (non-hydrogen) atoms. The largest absolute Gasteiger partial charge is 0.457 e. The average Bonchev–Trinajstić information content (AvgIpc) is 2.78. The van der Waals surface area contributed by atoms with Crippen LogP contribution in [-0.4, -0.2) is 0 Å². The highest BCUT2D eigenvalue weighted by molar-refractivity contribution is 5.44. The van der Waals surface area contributed by atoms with Crippen molar-refractivity contribution in [1.29, 1.82) is 0 Å². The van der Waals surface area contributed by atoms with Crippen LogP contribution in [0, 0.1) is 0 Å². The van der Waals surface area contributed by atoms with Crippen molar-refractivity contribution in [3.05, 3.63) is 126 Å². The molecule has 2 N–H and O–H groups in total. The van der Waals surface area contributed by atoms with Gasteiger partial charge >= 0.3 is 0 Å². The van der Waals surface area contributed by atoms with Gasteiger partial charge < -0.3 is 10.5 Å². The van der Waals surface area contributed by atoms with Gasteiger partial charge in [0, 0.05) is 11.1 Å². The molecule has 0 radical (unpaired) electrons. The van der Waals surface area contributed by atoms with E-state index in [2.05, 4.69) is 79.7 Å². The highest BCUT2D eigenvalue weighted by Crippen LogP contribution is 2.36. The molecule has 0 spiro atoms. The Hall–Kier alpha value is -3.52. The molecule has 0 aliphatic carbocycles. The van der Waals surface area contributed by atoms with E-state index in [1.807, 2.05) is 36.4 Å². The number of anilines is 1. The fraction of sp³-hybridized carbons (Fsp3) is 0.111. The third-order valence-corrected chi connectivity index (χ3v) is 5.42. The lowest BCUT2D eigenvalue weighted by molar-refractivity contribution is 0.482. The highest BCUT2D eigenvalue weighted by atomic mass is 16.5. The summed E-state index contributed by atoms with van der Waals surface area (Å²) in [5.41, 5.74) is 10.3. The van der Waals surface area contributed by atoms with Crippen LogP contribution in [0.5, 0.6) is 11.5 Å². The van der Waals surface area contributed by atoms with Gasteiger partial charge in [-0.3, -0.25) is 0 Å². The lowest BCUT2D eigenvalue weighted by atomic mass is 9.72. The first-order valence-electron chi connectivity index (χ1n) is 9.87. The number of ether oxygens (including phenoxy) is 1. The van der Waals surface area contributed by atoms with Gasteiger partial charge in [-0.15, -0.1) is 0 Å². The fourth-order valence-corrected chi connectivity index (χ4v) is 3.74. The Balaban J connectivity index is 1.59. The SMILES string of the molecule is CC(Cc1ccc(Oc2ccc(N)cc2)cc1)(c1ccccc1)c1ccccc1. The van der Waals surface area contributed by atoms with Crippen molar-refractivity contribution < 1.29 is 4.74 Å². The minimum Gasteiger partial charge on any atom is -0.457 e. The normalized spacial score (nSPS) is 11.2. The summed E-state index contributed by atoms with van der Waals surface area (Å²) in [5, 5.41) is 0. The summed E-state index contributed by atoms with van der Waals surface area (Å²) < 4.78 is 5.93. The Bertz CT molecular complexity index is 1000. The van der Waals surface area contributed by atoms with Gasteiger partial charge in [-0.05, 0) is 59.5 Å². The summed E-state index contributed by atoms with van der Waals surface area (Å²) in [7, 11) is 0. The van der Waals surface area contributed by atoms with Gasteiger partial charge in [0.1, 0.15) is 11.5 Å². The number of hydrogen-bond donors (Lipinski definition) is 1. The second-order valence-electron chi connectivity index (χ2n) is 7.56. The molecule has 0 aliphatic heterocycles. The van der Waals surface area contributed by atoms with E-state index in [0.717, 1.165) is 23.6 Å². The second kappa shape index (κ2) is 8.24. The third-order valence-electron chi connectivity index (χ3n) is 5.42. The standard InChI is InChI=1S/C27H25NO/c1-27(22-8-4-2-5-9-22,23-10-6-3-7-11-23)20-21-12-16-25(17-13-21)29-26-18-14-24(28)15-19-26/h2-19H,20,28H2,1H3. The number of nitrogens with two attached hydrogens (primary N) is 1. The maximum Gasteiger partial charge on any atom is 0.127 e. The van der Waals surface area contributed by atoms with E-state index >= 15 is 0 Å². The molecular formula is C27H25NO. The molecule has 0 heterocycles. The van der Waals surface area contributed by atoms with Crippen LogP contribution < -0.4 is 10.5 Å². The van der Waals surface area contributed by atoms with Crippen molar-refractivity contribution in [2.45, 2.75) is 18.8 Å². The van der Waals surface area contributed by atoms with E-state index in [4.69, 9.17) is 10.5 Å². The summed E-state index contributed by atoms with van der Waals surface area (Å²) in [6.07, 6.45) is 0.906. The second-order valence-corrected chi connectivity index (χ2v) is 7.56. The predicted octanol–water partition coefficient (Wildman–Crippen LogP) is 6.61. The van der Waals surface area contributed by atoms with Crippen LogP contribution in [0.3, 0.4) is 0 Å². The molecule has 0 fully saturated rings. The van der Waals surface area contributed by atoms with E-state index < -0.39 is 0 Å². The molecule has 144 valence electrons. The van der Waals surface area contributed by atoms with Gasteiger partial charge in [0.15, 0.2) is 0 Å². The molecule has 0 unspecified atom stereocenters. The zero-order valence-electron chi connectivity index (χ0n) is 16.6. The van der Waals surface area contributed by atoms with E-state index in [1.165, 1.54) is 16.7 Å². The van der Waals surface area contributed by atoms with E-state index in [-0.39, 0.29) is 5.41 Å². The van der Waals surface area contributed by atoms with Gasteiger partial charge in [-0.1, -0.05) is 79.7 Å². The van der Waals surface area contributed by atoms with Gasteiger partial charge in [-0.25, -0.2) is 0 Å². The number of hydrogen-bond acceptors (Lipinski definition) is 2. The summed E-state index contributed by atoms with van der Waals surface area (Å²) in [4.78, 5) is 0. The molecular weight excluding hydrogens is 354 g/mol. The van der Waals surface area contributed by atoms with Gasteiger partial charge in [0.25, 0.3) is 0 Å². The first-order valence-corrected chi connectivity index (χ1v) is 9.87. The van der Waals surface area contributed by atoms with Gasteiger partial charge in [0.05, 0.1) is 0 Å². The average molecular weight is 380 g/mol. The lowest BCUT2D eigenvalue weighted by Gasteiger charge is -2.31. The monoisotopic (exact) mass is 379 g/mol. The van der Waals surface area contributed by atoms with Crippen molar-refractivity contribution in [1.82, 2.24) is 0 Å². The molecule has 0 saturated carbocycles. The Kier molecular flexibility index (Phi) is 5.35.